The number of Topliss-reactive ketones (excluding diaryl/α,β-unsaturated/α-hetero) is 1. The zero-order valence-corrected chi connectivity index (χ0v) is 13.2. The molecule has 1 heterocycles. The largest absolute Gasteiger partial charge is 0.373 e. The zero-order chi connectivity index (χ0) is 15.6. The van der Waals surface area contributed by atoms with Crippen molar-refractivity contribution in [1.29, 1.82) is 0 Å². The van der Waals surface area contributed by atoms with E-state index >= 15 is 0 Å². The third kappa shape index (κ3) is 4.03. The molecule has 7 heteroatoms. The fraction of sp³-hybridized carbons (Fsp3) is 0.500. The molecule has 1 fully saturated rings. The number of morpholine rings is 1. The van der Waals surface area contributed by atoms with Crippen molar-refractivity contribution in [2.45, 2.75) is 33.0 Å². The van der Waals surface area contributed by atoms with Gasteiger partial charge in [-0.1, -0.05) is 12.1 Å². The number of nitrogens with zero attached hydrogens (tertiary/aromatic N) is 1. The summed E-state index contributed by atoms with van der Waals surface area (Å²) in [4.78, 5) is 11.3. The van der Waals surface area contributed by atoms with Gasteiger partial charge in [-0.05, 0) is 32.9 Å². The van der Waals surface area contributed by atoms with Crippen LogP contribution in [0.2, 0.25) is 0 Å². The van der Waals surface area contributed by atoms with Crippen LogP contribution in [0.15, 0.2) is 24.3 Å². The van der Waals surface area contributed by atoms with E-state index in [2.05, 4.69) is 4.72 Å². The second-order valence-electron chi connectivity index (χ2n) is 5.32. The SMILES string of the molecule is CC(=O)c1cccc(NS(=O)(=O)N2C[C@@H](C)O[C@H](C)C2)c1. The van der Waals surface area contributed by atoms with Crippen molar-refractivity contribution in [3.05, 3.63) is 29.8 Å². The quantitative estimate of drug-likeness (QED) is 0.858. The van der Waals surface area contributed by atoms with E-state index in [0.29, 0.717) is 24.3 Å². The highest BCUT2D eigenvalue weighted by Crippen LogP contribution is 2.18. The third-order valence-electron chi connectivity index (χ3n) is 3.24. The summed E-state index contributed by atoms with van der Waals surface area (Å²) in [6.45, 7) is 5.75. The predicted molar refractivity (Wildman–Crippen MR) is 80.6 cm³/mol. The number of rotatable bonds is 4. The number of nitrogens with one attached hydrogen (secondary N) is 1. The molecule has 1 aliphatic heterocycles. The van der Waals surface area contributed by atoms with Gasteiger partial charge in [-0.2, -0.15) is 12.7 Å². The summed E-state index contributed by atoms with van der Waals surface area (Å²) in [6, 6.07) is 6.46. The van der Waals surface area contributed by atoms with Gasteiger partial charge in [0, 0.05) is 18.7 Å². The molecule has 0 unspecified atom stereocenters. The van der Waals surface area contributed by atoms with Crippen LogP contribution in [0.1, 0.15) is 31.1 Å². The number of hydrogen-bond acceptors (Lipinski definition) is 4. The fourth-order valence-electron chi connectivity index (χ4n) is 2.34. The van der Waals surface area contributed by atoms with Crippen molar-refractivity contribution in [2.24, 2.45) is 0 Å². The van der Waals surface area contributed by atoms with Crippen molar-refractivity contribution in [1.82, 2.24) is 4.31 Å². The number of ketones is 1. The van der Waals surface area contributed by atoms with Gasteiger partial charge in [0.15, 0.2) is 5.78 Å². The molecule has 0 spiro atoms. The summed E-state index contributed by atoms with van der Waals surface area (Å²) in [5.74, 6) is -0.107. The van der Waals surface area contributed by atoms with Gasteiger partial charge in [-0.3, -0.25) is 9.52 Å². The normalized spacial score (nSPS) is 23.8. The van der Waals surface area contributed by atoms with Crippen molar-refractivity contribution in [2.75, 3.05) is 17.8 Å². The van der Waals surface area contributed by atoms with Gasteiger partial charge >= 0.3 is 10.2 Å². The highest BCUT2D eigenvalue weighted by molar-refractivity contribution is 7.90. The van der Waals surface area contributed by atoms with E-state index in [1.165, 1.54) is 17.3 Å². The molecule has 1 aromatic carbocycles. The minimum atomic E-state index is -3.65. The van der Waals surface area contributed by atoms with Crippen LogP contribution in [-0.4, -0.2) is 43.8 Å². The molecule has 116 valence electrons. The number of benzene rings is 1. The molecule has 0 saturated carbocycles. The standard InChI is InChI=1S/C14H20N2O4S/c1-10-8-16(9-11(2)20-10)21(18,19)15-14-6-4-5-13(7-14)12(3)17/h4-7,10-11,15H,8-9H2,1-3H3/t10-,11-/m1/s1. The van der Waals surface area contributed by atoms with E-state index in [9.17, 15) is 13.2 Å². The molecule has 2 rings (SSSR count). The van der Waals surface area contributed by atoms with Crippen molar-refractivity contribution < 1.29 is 17.9 Å². The molecule has 1 aliphatic rings. The molecule has 0 bridgehead atoms. The van der Waals surface area contributed by atoms with E-state index in [0.717, 1.165) is 0 Å². The molecule has 21 heavy (non-hydrogen) atoms. The van der Waals surface area contributed by atoms with Gasteiger partial charge in [-0.15, -0.1) is 0 Å². The highest BCUT2D eigenvalue weighted by Gasteiger charge is 2.31. The maximum atomic E-state index is 12.4. The van der Waals surface area contributed by atoms with Crippen LogP contribution in [0.3, 0.4) is 0 Å². The first-order valence-corrected chi connectivity index (χ1v) is 8.26. The average Bonchev–Trinajstić information content (AvgIpc) is 2.37. The molecule has 0 aliphatic carbocycles. The number of anilines is 1. The van der Waals surface area contributed by atoms with E-state index < -0.39 is 10.2 Å². The molecule has 0 aromatic heterocycles. The molecule has 1 N–H and O–H groups in total. The summed E-state index contributed by atoms with van der Waals surface area (Å²) < 4.78 is 34.2. The van der Waals surface area contributed by atoms with Gasteiger partial charge in [0.05, 0.1) is 17.9 Å². The summed E-state index contributed by atoms with van der Waals surface area (Å²) >= 11 is 0. The molecule has 6 nitrogen and oxygen atoms in total. The van der Waals surface area contributed by atoms with Crippen LogP contribution in [0.4, 0.5) is 5.69 Å². The second kappa shape index (κ2) is 6.13. The minimum Gasteiger partial charge on any atom is -0.373 e. The van der Waals surface area contributed by atoms with Crippen molar-refractivity contribution >= 4 is 21.7 Å². The average molecular weight is 312 g/mol. The Morgan fingerprint density at radius 1 is 1.29 bits per heavy atom. The van der Waals surface area contributed by atoms with Crippen LogP contribution >= 0.6 is 0 Å². The molecular formula is C14H20N2O4S. The summed E-state index contributed by atoms with van der Waals surface area (Å²) in [7, 11) is -3.65. The molecule has 0 radical (unpaired) electrons. The molecular weight excluding hydrogens is 292 g/mol. The van der Waals surface area contributed by atoms with E-state index in [1.54, 1.807) is 18.2 Å². The summed E-state index contributed by atoms with van der Waals surface area (Å²) in [5, 5.41) is 0. The van der Waals surface area contributed by atoms with Gasteiger partial charge in [0.1, 0.15) is 0 Å². The Balaban J connectivity index is 2.17. The van der Waals surface area contributed by atoms with Gasteiger partial charge in [-0.25, -0.2) is 0 Å². The van der Waals surface area contributed by atoms with E-state index in [4.69, 9.17) is 4.74 Å². The molecule has 1 saturated heterocycles. The smallest absolute Gasteiger partial charge is 0.301 e. The number of carbonyl (C=O) groups excluding carboxylic acids is 1. The zero-order valence-electron chi connectivity index (χ0n) is 12.4. The number of carbonyl (C=O) groups is 1. The molecule has 2 atom stereocenters. The Kier molecular flexibility index (Phi) is 4.65. The van der Waals surface area contributed by atoms with Crippen molar-refractivity contribution in [3.63, 3.8) is 0 Å². The van der Waals surface area contributed by atoms with Crippen LogP contribution in [-0.2, 0) is 14.9 Å². The first-order valence-electron chi connectivity index (χ1n) is 6.82. The topological polar surface area (TPSA) is 75.7 Å². The lowest BCUT2D eigenvalue weighted by Crippen LogP contribution is -2.49. The highest BCUT2D eigenvalue weighted by atomic mass is 32.2. The van der Waals surface area contributed by atoms with Crippen LogP contribution in [0.5, 0.6) is 0 Å². The minimum absolute atomic E-state index is 0.107. The molecule has 1 aromatic rings. The monoisotopic (exact) mass is 312 g/mol. The van der Waals surface area contributed by atoms with Crippen LogP contribution < -0.4 is 4.72 Å². The Morgan fingerprint density at radius 3 is 2.48 bits per heavy atom. The summed E-state index contributed by atoms with van der Waals surface area (Å²) in [5.41, 5.74) is 0.855. The van der Waals surface area contributed by atoms with Gasteiger partial charge in [0.25, 0.3) is 0 Å². The Bertz CT molecular complexity index is 620. The van der Waals surface area contributed by atoms with Gasteiger partial charge < -0.3 is 4.74 Å². The maximum Gasteiger partial charge on any atom is 0.301 e. The Hall–Kier alpha value is -1.44. The second-order valence-corrected chi connectivity index (χ2v) is 6.99. The van der Waals surface area contributed by atoms with Crippen LogP contribution in [0, 0.1) is 0 Å². The van der Waals surface area contributed by atoms with Crippen molar-refractivity contribution in [3.8, 4) is 0 Å². The van der Waals surface area contributed by atoms with Crippen LogP contribution in [0.25, 0.3) is 0 Å². The Morgan fingerprint density at radius 2 is 1.90 bits per heavy atom. The van der Waals surface area contributed by atoms with Gasteiger partial charge in [0.2, 0.25) is 0 Å². The van der Waals surface area contributed by atoms with E-state index in [1.807, 2.05) is 13.8 Å². The third-order valence-corrected chi connectivity index (χ3v) is 4.71. The number of hydrogen-bond donors (Lipinski definition) is 1. The first-order chi connectivity index (χ1) is 9.78. The predicted octanol–water partition coefficient (Wildman–Crippen LogP) is 1.66. The lowest BCUT2D eigenvalue weighted by molar-refractivity contribution is -0.0439. The fourth-order valence-corrected chi connectivity index (χ4v) is 3.71. The Labute approximate surface area is 125 Å². The molecule has 0 amide bonds. The lowest BCUT2D eigenvalue weighted by atomic mass is 10.1. The van der Waals surface area contributed by atoms with E-state index in [-0.39, 0.29) is 18.0 Å². The lowest BCUT2D eigenvalue weighted by Gasteiger charge is -2.34. The first kappa shape index (κ1) is 15.9. The summed E-state index contributed by atoms with van der Waals surface area (Å²) in [6.07, 6.45) is -0.289. The maximum absolute atomic E-state index is 12.4. The number of ether oxygens (including phenoxy) is 1.